The van der Waals surface area contributed by atoms with Crippen molar-refractivity contribution in [2.45, 2.75) is 10.4 Å². The Morgan fingerprint density at radius 2 is 2.38 bits per heavy atom. The lowest BCUT2D eigenvalue weighted by molar-refractivity contribution is 0.414. The van der Waals surface area contributed by atoms with E-state index in [1.54, 1.807) is 18.9 Å². The minimum atomic E-state index is -0.0850. The summed E-state index contributed by atoms with van der Waals surface area (Å²) >= 11 is 7.50. The fourth-order valence-electron chi connectivity index (χ4n) is 1.22. The summed E-state index contributed by atoms with van der Waals surface area (Å²) in [6.07, 6.45) is 0. The molecule has 5 heteroatoms. The maximum absolute atomic E-state index is 5.94. The molecule has 0 amide bonds. The fraction of sp³-hybridized carbons (Fsp3) is 0.250. The first-order valence-corrected chi connectivity index (χ1v) is 5.03. The Kier molecular flexibility index (Phi) is 2.27. The molecule has 0 radical (unpaired) electrons. The van der Waals surface area contributed by atoms with Crippen molar-refractivity contribution in [2.75, 3.05) is 12.4 Å². The number of hydrogen-bond acceptors (Lipinski definition) is 4. The average molecular weight is 217 g/mol. The first kappa shape index (κ1) is 8.99. The number of ether oxygens (including phenoxy) is 1. The van der Waals surface area contributed by atoms with Crippen molar-refractivity contribution < 1.29 is 4.74 Å². The molecule has 0 aliphatic carbocycles. The second-order valence-corrected chi connectivity index (χ2v) is 4.26. The molecule has 0 saturated carbocycles. The predicted molar refractivity (Wildman–Crippen MR) is 55.5 cm³/mol. The molecule has 0 aromatic heterocycles. The van der Waals surface area contributed by atoms with Gasteiger partial charge in [0, 0.05) is 4.90 Å². The number of methoxy groups -OCH3 is 1. The minimum absolute atomic E-state index is 0.0850. The fourth-order valence-corrected chi connectivity index (χ4v) is 2.34. The summed E-state index contributed by atoms with van der Waals surface area (Å²) in [6, 6.07) is 3.72. The summed E-state index contributed by atoms with van der Waals surface area (Å²) in [5, 5.41) is 3.69. The van der Waals surface area contributed by atoms with E-state index in [1.165, 1.54) is 0 Å². The monoisotopic (exact) mass is 216 g/mol. The van der Waals surface area contributed by atoms with Crippen LogP contribution in [-0.4, -0.2) is 12.6 Å². The van der Waals surface area contributed by atoms with Gasteiger partial charge in [0.15, 0.2) is 0 Å². The lowest BCUT2D eigenvalue weighted by Crippen LogP contribution is -2.20. The Morgan fingerprint density at radius 1 is 1.62 bits per heavy atom. The molecule has 1 atom stereocenters. The quantitative estimate of drug-likeness (QED) is 0.755. The molecule has 0 saturated heterocycles. The van der Waals surface area contributed by atoms with E-state index in [2.05, 4.69) is 5.32 Å². The summed E-state index contributed by atoms with van der Waals surface area (Å²) in [5.74, 6) is 0.684. The van der Waals surface area contributed by atoms with Crippen molar-refractivity contribution in [1.82, 2.24) is 0 Å². The van der Waals surface area contributed by atoms with Crippen LogP contribution in [0.4, 0.5) is 5.69 Å². The molecule has 3 nitrogen and oxygen atoms in total. The van der Waals surface area contributed by atoms with Gasteiger partial charge in [0.1, 0.15) is 11.2 Å². The number of nitrogens with two attached hydrogens (primary N) is 1. The van der Waals surface area contributed by atoms with Crippen molar-refractivity contribution >= 4 is 29.1 Å². The SMILES string of the molecule is COc1cc2c(cc1Cl)NC(N)S2. The molecule has 0 bridgehead atoms. The number of thioether (sulfide) groups is 1. The highest BCUT2D eigenvalue weighted by Gasteiger charge is 2.19. The number of nitrogens with one attached hydrogen (secondary N) is 1. The molecule has 1 aromatic rings. The molecule has 70 valence electrons. The molecule has 1 aliphatic rings. The third-order valence-electron chi connectivity index (χ3n) is 1.81. The van der Waals surface area contributed by atoms with Gasteiger partial charge in [-0.1, -0.05) is 23.4 Å². The second kappa shape index (κ2) is 3.29. The topological polar surface area (TPSA) is 47.3 Å². The summed E-state index contributed by atoms with van der Waals surface area (Å²) < 4.78 is 5.09. The van der Waals surface area contributed by atoms with Crippen LogP contribution in [0.2, 0.25) is 5.02 Å². The van der Waals surface area contributed by atoms with Gasteiger partial charge in [-0.25, -0.2) is 0 Å². The van der Waals surface area contributed by atoms with Crippen molar-refractivity contribution in [3.63, 3.8) is 0 Å². The summed E-state index contributed by atoms with van der Waals surface area (Å²) in [5.41, 5.74) is 6.58. The van der Waals surface area contributed by atoms with E-state index >= 15 is 0 Å². The van der Waals surface area contributed by atoms with Crippen LogP contribution in [0, 0.1) is 0 Å². The van der Waals surface area contributed by atoms with Crippen LogP contribution in [0.15, 0.2) is 17.0 Å². The van der Waals surface area contributed by atoms with Gasteiger partial charge in [-0.15, -0.1) is 0 Å². The number of fused-ring (bicyclic) bond motifs is 1. The highest BCUT2D eigenvalue weighted by Crippen LogP contribution is 2.41. The van der Waals surface area contributed by atoms with Crippen molar-refractivity contribution in [3.8, 4) is 5.75 Å². The lowest BCUT2D eigenvalue weighted by atomic mass is 10.3. The van der Waals surface area contributed by atoms with E-state index in [4.69, 9.17) is 22.1 Å². The smallest absolute Gasteiger partial charge is 0.138 e. The van der Waals surface area contributed by atoms with Crippen molar-refractivity contribution in [1.29, 1.82) is 0 Å². The molecular formula is C8H9ClN2OS. The van der Waals surface area contributed by atoms with Gasteiger partial charge < -0.3 is 15.8 Å². The van der Waals surface area contributed by atoms with Gasteiger partial charge in [-0.2, -0.15) is 0 Å². The van der Waals surface area contributed by atoms with E-state index in [1.807, 2.05) is 12.1 Å². The van der Waals surface area contributed by atoms with Crippen LogP contribution in [0.1, 0.15) is 0 Å². The van der Waals surface area contributed by atoms with Crippen LogP contribution in [0.25, 0.3) is 0 Å². The van der Waals surface area contributed by atoms with E-state index < -0.39 is 0 Å². The van der Waals surface area contributed by atoms with E-state index in [0.717, 1.165) is 10.6 Å². The zero-order valence-corrected chi connectivity index (χ0v) is 8.58. The Hall–Kier alpha value is -0.580. The summed E-state index contributed by atoms with van der Waals surface area (Å²) in [7, 11) is 1.60. The molecule has 1 unspecified atom stereocenters. The third-order valence-corrected chi connectivity index (χ3v) is 3.06. The molecule has 0 spiro atoms. The Morgan fingerprint density at radius 3 is 3.08 bits per heavy atom. The highest BCUT2D eigenvalue weighted by atomic mass is 35.5. The minimum Gasteiger partial charge on any atom is -0.495 e. The van der Waals surface area contributed by atoms with Crippen LogP contribution < -0.4 is 15.8 Å². The number of rotatable bonds is 1. The Balaban J connectivity index is 2.44. The number of halogens is 1. The molecule has 3 N–H and O–H groups in total. The standard InChI is InChI=1S/C8H9ClN2OS/c1-12-6-3-7-5(2-4(6)9)11-8(10)13-7/h2-3,8,11H,10H2,1H3. The number of anilines is 1. The maximum atomic E-state index is 5.94. The normalized spacial score (nSPS) is 19.5. The van der Waals surface area contributed by atoms with Crippen molar-refractivity contribution in [3.05, 3.63) is 17.2 Å². The maximum Gasteiger partial charge on any atom is 0.138 e. The molecule has 13 heavy (non-hydrogen) atoms. The Labute approximate surface area is 85.6 Å². The van der Waals surface area contributed by atoms with E-state index in [9.17, 15) is 0 Å². The molecule has 1 aliphatic heterocycles. The van der Waals surface area contributed by atoms with Crippen LogP contribution in [-0.2, 0) is 0 Å². The van der Waals surface area contributed by atoms with E-state index in [0.29, 0.717) is 10.8 Å². The van der Waals surface area contributed by atoms with Gasteiger partial charge in [0.05, 0.1) is 17.8 Å². The van der Waals surface area contributed by atoms with Crippen LogP contribution in [0.5, 0.6) is 5.75 Å². The van der Waals surface area contributed by atoms with Crippen molar-refractivity contribution in [2.24, 2.45) is 5.73 Å². The van der Waals surface area contributed by atoms with E-state index in [-0.39, 0.29) is 5.50 Å². The molecule has 1 aromatic carbocycles. The van der Waals surface area contributed by atoms with Gasteiger partial charge in [0.2, 0.25) is 0 Å². The van der Waals surface area contributed by atoms with Gasteiger partial charge >= 0.3 is 0 Å². The zero-order chi connectivity index (χ0) is 9.42. The summed E-state index contributed by atoms with van der Waals surface area (Å²) in [4.78, 5) is 1.08. The summed E-state index contributed by atoms with van der Waals surface area (Å²) in [6.45, 7) is 0. The largest absolute Gasteiger partial charge is 0.495 e. The third kappa shape index (κ3) is 1.57. The van der Waals surface area contributed by atoms with Crippen LogP contribution >= 0.6 is 23.4 Å². The molecule has 0 fully saturated rings. The van der Waals surface area contributed by atoms with Crippen LogP contribution in [0.3, 0.4) is 0 Å². The molecule has 1 heterocycles. The van der Waals surface area contributed by atoms with Gasteiger partial charge in [-0.3, -0.25) is 0 Å². The number of benzene rings is 1. The molecule has 2 rings (SSSR count). The Bertz CT molecular complexity index is 345. The molecular weight excluding hydrogens is 208 g/mol. The predicted octanol–water partition coefficient (Wildman–Crippen LogP) is 2.11. The highest BCUT2D eigenvalue weighted by molar-refractivity contribution is 8.00. The second-order valence-electron chi connectivity index (χ2n) is 2.67. The van der Waals surface area contributed by atoms with Gasteiger partial charge in [-0.05, 0) is 12.1 Å². The number of hydrogen-bond donors (Lipinski definition) is 2. The zero-order valence-electron chi connectivity index (χ0n) is 7.00. The lowest BCUT2D eigenvalue weighted by Gasteiger charge is -2.05. The first-order valence-electron chi connectivity index (χ1n) is 3.77. The average Bonchev–Trinajstić information content (AvgIpc) is 2.42. The first-order chi connectivity index (χ1) is 6.20. The van der Waals surface area contributed by atoms with Gasteiger partial charge in [0.25, 0.3) is 0 Å².